The van der Waals surface area contributed by atoms with Gasteiger partial charge in [0, 0.05) is 31.7 Å². The van der Waals surface area contributed by atoms with Crippen molar-refractivity contribution in [1.82, 2.24) is 15.5 Å². The number of halogens is 1. The van der Waals surface area contributed by atoms with E-state index in [1.165, 1.54) is 38.8 Å². The fourth-order valence-corrected chi connectivity index (χ4v) is 3.78. The van der Waals surface area contributed by atoms with E-state index in [0.29, 0.717) is 12.6 Å². The number of likely N-dealkylation sites (tertiary alicyclic amines) is 1. The second kappa shape index (κ2) is 8.85. The lowest BCUT2D eigenvalue weighted by Gasteiger charge is -2.33. The van der Waals surface area contributed by atoms with Gasteiger partial charge in [-0.1, -0.05) is 12.8 Å². The van der Waals surface area contributed by atoms with Crippen LogP contribution in [0.5, 0.6) is 0 Å². The summed E-state index contributed by atoms with van der Waals surface area (Å²) in [6, 6.07) is 1.41. The Bertz CT molecular complexity index is 386. The van der Waals surface area contributed by atoms with E-state index in [1.807, 2.05) is 0 Å². The Labute approximate surface area is 157 Å². The number of hydrogen-bond donors (Lipinski definition) is 3. The molecule has 0 radical (unpaired) electrons. The highest BCUT2D eigenvalue weighted by Crippen LogP contribution is 2.30. The summed E-state index contributed by atoms with van der Waals surface area (Å²) in [5.74, 6) is 0.882. The average Bonchev–Trinajstić information content (AvgIpc) is 3.28. The number of aliphatic imine (C=N–C) groups is 1. The molecule has 0 atom stereocenters. The highest BCUT2D eigenvalue weighted by molar-refractivity contribution is 14.0. The summed E-state index contributed by atoms with van der Waals surface area (Å²) < 4.78 is 0. The molecule has 3 rings (SSSR count). The fraction of sp³-hybridized carbons (Fsp3) is 0.941. The van der Waals surface area contributed by atoms with Crippen molar-refractivity contribution in [1.29, 1.82) is 0 Å². The number of guanidine groups is 1. The van der Waals surface area contributed by atoms with Crippen LogP contribution in [-0.2, 0) is 0 Å². The van der Waals surface area contributed by atoms with Gasteiger partial charge in [-0.15, -0.1) is 24.0 Å². The second-order valence-electron chi connectivity index (χ2n) is 7.31. The van der Waals surface area contributed by atoms with E-state index in [9.17, 15) is 5.11 Å². The molecule has 5 nitrogen and oxygen atoms in total. The van der Waals surface area contributed by atoms with Crippen molar-refractivity contribution in [3.8, 4) is 0 Å². The summed E-state index contributed by atoms with van der Waals surface area (Å²) in [5, 5.41) is 17.4. The maximum atomic E-state index is 10.4. The van der Waals surface area contributed by atoms with Crippen LogP contribution in [0.3, 0.4) is 0 Å². The van der Waals surface area contributed by atoms with Crippen molar-refractivity contribution in [3.05, 3.63) is 0 Å². The van der Waals surface area contributed by atoms with Crippen LogP contribution in [0.1, 0.15) is 58.3 Å². The Kier molecular flexibility index (Phi) is 7.41. The van der Waals surface area contributed by atoms with Gasteiger partial charge in [0.25, 0.3) is 0 Å². The number of rotatable bonds is 5. The van der Waals surface area contributed by atoms with Crippen molar-refractivity contribution in [2.45, 2.75) is 76.0 Å². The smallest absolute Gasteiger partial charge is 0.191 e. The molecule has 3 aliphatic rings. The van der Waals surface area contributed by atoms with Gasteiger partial charge in [-0.05, 0) is 45.4 Å². The lowest BCUT2D eigenvalue weighted by molar-refractivity contribution is 0.0573. The largest absolute Gasteiger partial charge is 0.388 e. The molecule has 3 N–H and O–H groups in total. The van der Waals surface area contributed by atoms with E-state index < -0.39 is 5.60 Å². The molecule has 1 heterocycles. The molecule has 0 spiro atoms. The molecule has 2 saturated carbocycles. The third kappa shape index (κ3) is 5.74. The summed E-state index contributed by atoms with van der Waals surface area (Å²) >= 11 is 0. The van der Waals surface area contributed by atoms with E-state index >= 15 is 0 Å². The molecule has 1 aliphatic heterocycles. The average molecular weight is 436 g/mol. The minimum absolute atomic E-state index is 0. The van der Waals surface area contributed by atoms with Crippen LogP contribution in [0.15, 0.2) is 4.99 Å². The van der Waals surface area contributed by atoms with Gasteiger partial charge in [-0.3, -0.25) is 4.99 Å². The summed E-state index contributed by atoms with van der Waals surface area (Å²) in [6.45, 7) is 5.92. The first kappa shape index (κ1) is 19.2. The molecule has 0 aromatic rings. The Morgan fingerprint density at radius 1 is 1.17 bits per heavy atom. The van der Waals surface area contributed by atoms with Crippen LogP contribution in [0.2, 0.25) is 0 Å². The Hall–Kier alpha value is -0.0800. The first-order chi connectivity index (χ1) is 10.7. The number of nitrogens with one attached hydrogen (secondary N) is 2. The molecule has 3 fully saturated rings. The van der Waals surface area contributed by atoms with Gasteiger partial charge in [-0.2, -0.15) is 0 Å². The van der Waals surface area contributed by atoms with Crippen LogP contribution in [-0.4, -0.2) is 59.8 Å². The van der Waals surface area contributed by atoms with Gasteiger partial charge in [-0.25, -0.2) is 0 Å². The van der Waals surface area contributed by atoms with Crippen molar-refractivity contribution in [2.24, 2.45) is 4.99 Å². The summed E-state index contributed by atoms with van der Waals surface area (Å²) in [5.41, 5.74) is -0.558. The lowest BCUT2D eigenvalue weighted by Crippen LogP contribution is -2.49. The number of hydrogen-bond acceptors (Lipinski definition) is 3. The molecule has 23 heavy (non-hydrogen) atoms. The van der Waals surface area contributed by atoms with Crippen LogP contribution in [0.4, 0.5) is 0 Å². The third-order valence-electron chi connectivity index (χ3n) is 5.34. The van der Waals surface area contributed by atoms with Crippen molar-refractivity contribution < 1.29 is 5.11 Å². The fourth-order valence-electron chi connectivity index (χ4n) is 3.78. The predicted octanol–water partition coefficient (Wildman–Crippen LogP) is 2.09. The Morgan fingerprint density at radius 3 is 2.39 bits per heavy atom. The van der Waals surface area contributed by atoms with E-state index in [0.717, 1.165) is 44.2 Å². The molecule has 134 valence electrons. The maximum Gasteiger partial charge on any atom is 0.191 e. The molecule has 0 bridgehead atoms. The molecule has 0 aromatic carbocycles. The number of aliphatic hydroxyl groups is 1. The first-order valence-electron chi connectivity index (χ1n) is 9.20. The molecule has 6 heteroatoms. The monoisotopic (exact) mass is 436 g/mol. The molecular weight excluding hydrogens is 403 g/mol. The van der Waals surface area contributed by atoms with Gasteiger partial charge in [0.2, 0.25) is 0 Å². The molecule has 0 aromatic heterocycles. The van der Waals surface area contributed by atoms with Crippen molar-refractivity contribution >= 4 is 29.9 Å². The van der Waals surface area contributed by atoms with Gasteiger partial charge >= 0.3 is 0 Å². The topological polar surface area (TPSA) is 59.9 Å². The normalized spacial score (nSPS) is 25.9. The lowest BCUT2D eigenvalue weighted by atomic mass is 10.0. The molecule has 0 amide bonds. The van der Waals surface area contributed by atoms with Crippen molar-refractivity contribution in [3.63, 3.8) is 0 Å². The van der Waals surface area contributed by atoms with Crippen LogP contribution in [0, 0.1) is 0 Å². The minimum atomic E-state index is -0.558. The van der Waals surface area contributed by atoms with E-state index in [1.54, 1.807) is 0 Å². The van der Waals surface area contributed by atoms with Gasteiger partial charge in [0.05, 0.1) is 12.1 Å². The zero-order valence-corrected chi connectivity index (χ0v) is 16.7. The first-order valence-corrected chi connectivity index (χ1v) is 9.20. The van der Waals surface area contributed by atoms with E-state index in [4.69, 9.17) is 0 Å². The minimum Gasteiger partial charge on any atom is -0.388 e. The highest BCUT2D eigenvalue weighted by Gasteiger charge is 2.33. The maximum absolute atomic E-state index is 10.4. The number of piperidine rings is 1. The SMILES string of the molecule is CCNC(=NCC1(O)CCCC1)NC1CCN(C2CC2)CC1.I. The Morgan fingerprint density at radius 2 is 1.83 bits per heavy atom. The van der Waals surface area contributed by atoms with E-state index in [-0.39, 0.29) is 24.0 Å². The number of nitrogens with zero attached hydrogens (tertiary/aromatic N) is 2. The standard InChI is InChI=1S/C17H32N4O.HI/c1-2-18-16(19-13-17(22)9-3-4-10-17)20-14-7-11-21(12-8-14)15-5-6-15;/h14-15,22H,2-13H2,1H3,(H2,18,19,20);1H. The van der Waals surface area contributed by atoms with Crippen LogP contribution < -0.4 is 10.6 Å². The summed E-state index contributed by atoms with van der Waals surface area (Å²) in [4.78, 5) is 7.30. The zero-order valence-electron chi connectivity index (χ0n) is 14.4. The second-order valence-corrected chi connectivity index (χ2v) is 7.31. The van der Waals surface area contributed by atoms with Gasteiger partial charge in [0.15, 0.2) is 5.96 Å². The van der Waals surface area contributed by atoms with Crippen LogP contribution in [0.25, 0.3) is 0 Å². The summed E-state index contributed by atoms with van der Waals surface area (Å²) in [6.07, 6.45) is 9.27. The van der Waals surface area contributed by atoms with E-state index in [2.05, 4.69) is 27.4 Å². The summed E-state index contributed by atoms with van der Waals surface area (Å²) in [7, 11) is 0. The molecule has 0 unspecified atom stereocenters. The molecular formula is C17H33IN4O. The molecule has 1 saturated heterocycles. The van der Waals surface area contributed by atoms with Crippen molar-refractivity contribution in [2.75, 3.05) is 26.2 Å². The molecule has 2 aliphatic carbocycles. The van der Waals surface area contributed by atoms with Gasteiger partial charge < -0.3 is 20.6 Å². The quantitative estimate of drug-likeness (QED) is 0.351. The van der Waals surface area contributed by atoms with Crippen LogP contribution >= 0.6 is 24.0 Å². The highest BCUT2D eigenvalue weighted by atomic mass is 127. The Balaban J connectivity index is 0.00000192. The predicted molar refractivity (Wildman–Crippen MR) is 106 cm³/mol. The zero-order chi connectivity index (χ0) is 15.4. The third-order valence-corrected chi connectivity index (χ3v) is 5.34. The van der Waals surface area contributed by atoms with Gasteiger partial charge in [0.1, 0.15) is 0 Å².